The zero-order valence-electron chi connectivity index (χ0n) is 13.7. The smallest absolute Gasteiger partial charge is 0.223 e. The van der Waals surface area contributed by atoms with Crippen molar-refractivity contribution >= 4 is 23.3 Å². The molecule has 0 bridgehead atoms. The summed E-state index contributed by atoms with van der Waals surface area (Å²) in [6.45, 7) is 3.51. The molecule has 2 aromatic rings. The van der Waals surface area contributed by atoms with E-state index < -0.39 is 0 Å². The highest BCUT2D eigenvalue weighted by Crippen LogP contribution is 2.16. The van der Waals surface area contributed by atoms with Gasteiger partial charge in [-0.3, -0.25) is 14.4 Å². The highest BCUT2D eigenvalue weighted by Gasteiger charge is 2.14. The number of nitrogens with one attached hydrogen (secondary N) is 1. The Kier molecular flexibility index (Phi) is 5.89. The molecule has 126 valence electrons. The van der Waals surface area contributed by atoms with E-state index in [2.05, 4.69) is 5.32 Å². The molecule has 0 fully saturated rings. The SMILES string of the molecule is CC(=O)c1ccc(N(CCC(=O)NCc2ccco2)C(C)=O)cc1. The van der Waals surface area contributed by atoms with Crippen LogP contribution in [0.3, 0.4) is 0 Å². The van der Waals surface area contributed by atoms with E-state index in [1.54, 1.807) is 42.7 Å². The average molecular weight is 328 g/mol. The minimum absolute atomic E-state index is 0.0340. The Hall–Kier alpha value is -2.89. The molecule has 0 spiro atoms. The van der Waals surface area contributed by atoms with Gasteiger partial charge in [0, 0.05) is 31.1 Å². The first-order valence-electron chi connectivity index (χ1n) is 7.65. The Balaban J connectivity index is 1.92. The number of furan rings is 1. The highest BCUT2D eigenvalue weighted by molar-refractivity contribution is 5.96. The van der Waals surface area contributed by atoms with Gasteiger partial charge in [0.05, 0.1) is 12.8 Å². The monoisotopic (exact) mass is 328 g/mol. The van der Waals surface area contributed by atoms with E-state index in [4.69, 9.17) is 4.42 Å². The van der Waals surface area contributed by atoms with Crippen LogP contribution in [0, 0.1) is 0 Å². The number of carbonyl (C=O) groups excluding carboxylic acids is 3. The molecule has 2 rings (SSSR count). The third kappa shape index (κ3) is 4.81. The maximum Gasteiger partial charge on any atom is 0.223 e. The molecular weight excluding hydrogens is 308 g/mol. The van der Waals surface area contributed by atoms with Crippen molar-refractivity contribution in [2.45, 2.75) is 26.8 Å². The standard InChI is InChI=1S/C18H20N2O4/c1-13(21)15-5-7-16(8-6-15)20(14(2)22)10-9-18(23)19-12-17-4-3-11-24-17/h3-8,11H,9-10,12H2,1-2H3,(H,19,23). The van der Waals surface area contributed by atoms with E-state index in [0.717, 1.165) is 0 Å². The van der Waals surface area contributed by atoms with Gasteiger partial charge in [0.1, 0.15) is 5.76 Å². The second-order valence-corrected chi connectivity index (χ2v) is 5.38. The van der Waals surface area contributed by atoms with Crippen molar-refractivity contribution in [3.8, 4) is 0 Å². The van der Waals surface area contributed by atoms with Gasteiger partial charge in [0.25, 0.3) is 0 Å². The number of amides is 2. The molecule has 0 unspecified atom stereocenters. The molecule has 0 saturated carbocycles. The number of ketones is 1. The quantitative estimate of drug-likeness (QED) is 0.792. The maximum atomic E-state index is 11.9. The fraction of sp³-hybridized carbons (Fsp3) is 0.278. The first-order chi connectivity index (χ1) is 11.5. The van der Waals surface area contributed by atoms with Gasteiger partial charge in [-0.2, -0.15) is 0 Å². The normalized spacial score (nSPS) is 10.2. The second-order valence-electron chi connectivity index (χ2n) is 5.38. The van der Waals surface area contributed by atoms with Gasteiger partial charge < -0.3 is 14.6 Å². The Morgan fingerprint density at radius 3 is 2.33 bits per heavy atom. The van der Waals surface area contributed by atoms with Gasteiger partial charge in [-0.15, -0.1) is 0 Å². The molecule has 6 heteroatoms. The topological polar surface area (TPSA) is 79.6 Å². The lowest BCUT2D eigenvalue weighted by atomic mass is 10.1. The van der Waals surface area contributed by atoms with Crippen molar-refractivity contribution in [3.05, 3.63) is 54.0 Å². The van der Waals surface area contributed by atoms with Gasteiger partial charge >= 0.3 is 0 Å². The first kappa shape index (κ1) is 17.5. The van der Waals surface area contributed by atoms with Gasteiger partial charge in [0.2, 0.25) is 11.8 Å². The Labute approximate surface area is 140 Å². The van der Waals surface area contributed by atoms with Crippen LogP contribution in [0.25, 0.3) is 0 Å². The molecule has 0 atom stereocenters. The van der Waals surface area contributed by atoms with Gasteiger partial charge in [-0.1, -0.05) is 0 Å². The zero-order chi connectivity index (χ0) is 17.5. The van der Waals surface area contributed by atoms with Gasteiger partial charge in [0.15, 0.2) is 5.78 Å². The lowest BCUT2D eigenvalue weighted by Gasteiger charge is -2.21. The van der Waals surface area contributed by atoms with E-state index in [-0.39, 0.29) is 30.6 Å². The molecule has 0 saturated heterocycles. The number of nitrogens with zero attached hydrogens (tertiary/aromatic N) is 1. The minimum atomic E-state index is -0.169. The fourth-order valence-electron chi connectivity index (χ4n) is 2.25. The molecule has 0 aliphatic carbocycles. The molecule has 2 amide bonds. The summed E-state index contributed by atoms with van der Waals surface area (Å²) < 4.78 is 5.14. The molecule has 6 nitrogen and oxygen atoms in total. The molecule has 0 aliphatic rings. The van der Waals surface area contributed by atoms with Gasteiger partial charge in [-0.05, 0) is 43.3 Å². The predicted octanol–water partition coefficient (Wildman–Crippen LogP) is 2.54. The number of carbonyl (C=O) groups is 3. The first-order valence-corrected chi connectivity index (χ1v) is 7.65. The van der Waals surface area contributed by atoms with Gasteiger partial charge in [-0.25, -0.2) is 0 Å². The van der Waals surface area contributed by atoms with Crippen molar-refractivity contribution < 1.29 is 18.8 Å². The molecule has 1 aromatic heterocycles. The average Bonchev–Trinajstić information content (AvgIpc) is 3.06. The summed E-state index contributed by atoms with van der Waals surface area (Å²) in [6.07, 6.45) is 1.72. The van der Waals surface area contributed by atoms with Crippen LogP contribution in [0.2, 0.25) is 0 Å². The summed E-state index contributed by atoms with van der Waals surface area (Å²) in [5.41, 5.74) is 1.24. The molecule has 0 aliphatic heterocycles. The van der Waals surface area contributed by atoms with Crippen LogP contribution in [0.4, 0.5) is 5.69 Å². The number of benzene rings is 1. The molecule has 24 heavy (non-hydrogen) atoms. The number of anilines is 1. The predicted molar refractivity (Wildman–Crippen MR) is 89.6 cm³/mol. The van der Waals surface area contributed by atoms with Crippen LogP contribution in [0.1, 0.15) is 36.4 Å². The Morgan fingerprint density at radius 2 is 1.79 bits per heavy atom. The van der Waals surface area contributed by atoms with E-state index in [1.165, 1.54) is 18.7 Å². The largest absolute Gasteiger partial charge is 0.467 e. The summed E-state index contributed by atoms with van der Waals surface area (Å²) in [5, 5.41) is 2.74. The lowest BCUT2D eigenvalue weighted by molar-refractivity contribution is -0.121. The third-order valence-electron chi connectivity index (χ3n) is 3.57. The van der Waals surface area contributed by atoms with E-state index in [9.17, 15) is 14.4 Å². The number of hydrogen-bond acceptors (Lipinski definition) is 4. The second kappa shape index (κ2) is 8.10. The highest BCUT2D eigenvalue weighted by atomic mass is 16.3. The fourth-order valence-corrected chi connectivity index (χ4v) is 2.25. The van der Waals surface area contributed by atoms with Crippen LogP contribution in [0.15, 0.2) is 47.1 Å². The zero-order valence-corrected chi connectivity index (χ0v) is 13.7. The number of Topliss-reactive ketones (excluding diaryl/α,β-unsaturated/α-hetero) is 1. The summed E-state index contributed by atoms with van der Waals surface area (Å²) >= 11 is 0. The van der Waals surface area contributed by atoms with Crippen molar-refractivity contribution in [1.82, 2.24) is 5.32 Å². The van der Waals surface area contributed by atoms with E-state index in [0.29, 0.717) is 23.6 Å². The Morgan fingerprint density at radius 1 is 1.08 bits per heavy atom. The molecule has 1 aromatic carbocycles. The van der Waals surface area contributed by atoms with Crippen LogP contribution < -0.4 is 10.2 Å². The number of hydrogen-bond donors (Lipinski definition) is 1. The Bertz CT molecular complexity index is 705. The molecule has 1 heterocycles. The molecule has 0 radical (unpaired) electrons. The number of rotatable bonds is 7. The third-order valence-corrected chi connectivity index (χ3v) is 3.57. The molecule has 1 N–H and O–H groups in total. The van der Waals surface area contributed by atoms with Crippen LogP contribution in [-0.2, 0) is 16.1 Å². The van der Waals surface area contributed by atoms with Crippen molar-refractivity contribution in [2.24, 2.45) is 0 Å². The van der Waals surface area contributed by atoms with Crippen molar-refractivity contribution in [1.29, 1.82) is 0 Å². The van der Waals surface area contributed by atoms with Crippen LogP contribution >= 0.6 is 0 Å². The summed E-state index contributed by atoms with van der Waals surface area (Å²) in [5.74, 6) is 0.308. The molecular formula is C18H20N2O4. The van der Waals surface area contributed by atoms with Crippen molar-refractivity contribution in [2.75, 3.05) is 11.4 Å². The van der Waals surface area contributed by atoms with Crippen LogP contribution in [-0.4, -0.2) is 24.1 Å². The van der Waals surface area contributed by atoms with E-state index >= 15 is 0 Å². The van der Waals surface area contributed by atoms with Crippen LogP contribution in [0.5, 0.6) is 0 Å². The maximum absolute atomic E-state index is 11.9. The van der Waals surface area contributed by atoms with Crippen molar-refractivity contribution in [3.63, 3.8) is 0 Å². The summed E-state index contributed by atoms with van der Waals surface area (Å²) in [7, 11) is 0. The lowest BCUT2D eigenvalue weighted by Crippen LogP contribution is -2.33. The minimum Gasteiger partial charge on any atom is -0.467 e. The summed E-state index contributed by atoms with van der Waals surface area (Å²) in [6, 6.07) is 10.3. The summed E-state index contributed by atoms with van der Waals surface area (Å²) in [4.78, 5) is 36.6. The van der Waals surface area contributed by atoms with E-state index in [1.807, 2.05) is 0 Å².